The first-order chi connectivity index (χ1) is 13.9. The summed E-state index contributed by atoms with van der Waals surface area (Å²) in [6.45, 7) is 0. The third kappa shape index (κ3) is 1160. The molecular weight excluding hydrogens is 1440 g/mol. The van der Waals surface area contributed by atoms with Gasteiger partial charge in [0.2, 0.25) is 0 Å². The Kier molecular flexibility index (Phi) is 279. The van der Waals surface area contributed by atoms with Crippen molar-refractivity contribution >= 4 is 128 Å². The van der Waals surface area contributed by atoms with Crippen LogP contribution in [0.3, 0.4) is 0 Å². The molecule has 210 valence electrons. The quantitative estimate of drug-likeness (QED) is 0.203. The van der Waals surface area contributed by atoms with Gasteiger partial charge in [-0.05, 0) is 0 Å². The zero-order chi connectivity index (χ0) is 28.6. The Hall–Kier alpha value is 9.96. The van der Waals surface area contributed by atoms with Crippen molar-refractivity contribution in [2.75, 3.05) is 0 Å². The van der Waals surface area contributed by atoms with E-state index in [9.17, 15) is 0 Å². The van der Waals surface area contributed by atoms with Gasteiger partial charge in [-0.2, -0.15) is 0 Å². The van der Waals surface area contributed by atoms with Gasteiger partial charge >= 0.3 is 314 Å². The summed E-state index contributed by atoms with van der Waals surface area (Å²) in [5.74, 6) is 0. The average Bonchev–Trinajstić information content (AvgIpc) is 2.30. The largest absolute Gasteiger partial charge is 3.00 e. The summed E-state index contributed by atoms with van der Waals surface area (Å²) >= 11 is 0. The molecule has 0 heterocycles. The molecule has 0 aromatic carbocycles. The van der Waals surface area contributed by atoms with Crippen LogP contribution in [0, 0.1) is 245 Å². The topological polar surface area (TPSA) is 553 Å². The molecule has 0 amide bonds. The first-order valence-corrected chi connectivity index (χ1v) is 5.66. The Morgan fingerprint density at radius 1 is 0.171 bits per heavy atom. The second-order valence-electron chi connectivity index (χ2n) is 2.31. The Labute approximate surface area is 481 Å². The van der Waals surface area contributed by atoms with Crippen LogP contribution in [0.5, 0.6) is 0 Å². The smallest absolute Gasteiger partial charge is 0.907 e. The van der Waals surface area contributed by atoms with Gasteiger partial charge in [-0.3, -0.25) is 58.6 Å². The zero-order valence-electron chi connectivity index (χ0n) is 19.1. The van der Waals surface area contributed by atoms with Crippen molar-refractivity contribution in [3.63, 3.8) is 0 Å². The minimum Gasteiger partial charge on any atom is -0.907 e. The molecule has 0 bridgehead atoms. The summed E-state index contributed by atoms with van der Waals surface area (Å²) in [6, 6.07) is 0. The summed E-state index contributed by atoms with van der Waals surface area (Å²) in [7, 11) is -23.3. The fraction of sp³-hybridized carbons (Fsp3) is 0. The molecule has 0 fully saturated rings. The van der Waals surface area contributed by atoms with Crippen molar-refractivity contribution in [1.29, 1.82) is 0 Å². The molecule has 0 unspecified atom stereocenters. The molecule has 0 aliphatic carbocycles. The fourth-order valence-electron chi connectivity index (χ4n) is 0. The second kappa shape index (κ2) is 104. The van der Waals surface area contributed by atoms with E-state index in [1.165, 1.54) is 0 Å². The first kappa shape index (κ1) is 110. The molecule has 0 aromatic rings. The molecule has 41 heavy (non-hydrogen) atoms. The summed E-state index contributed by atoms with van der Waals surface area (Å²) in [5.41, 5.74) is 0. The van der Waals surface area contributed by atoms with Gasteiger partial charge in [-0.25, -0.2) is 0 Å². The minimum absolute atomic E-state index is 0. The summed E-state index contributed by atoms with van der Waals surface area (Å²) < 4.78 is 0. The van der Waals surface area contributed by atoms with E-state index in [2.05, 4.69) is 0 Å². The van der Waals surface area contributed by atoms with Gasteiger partial charge in [0.05, 0.1) is 0 Å². The standard InChI is InChI=1S/8BO3.3Ce.3Gd.3Mg/c8*2-1(3)4;;;;;;;;;/q8*-3;6*+3;3*+2. The van der Waals surface area contributed by atoms with E-state index in [4.69, 9.17) is 121 Å². The van der Waals surface area contributed by atoms with Crippen LogP contribution in [-0.4, -0.2) is 128 Å². The summed E-state index contributed by atoms with van der Waals surface area (Å²) in [5, 5.41) is 202. The van der Waals surface area contributed by atoms with E-state index >= 15 is 0 Å². The van der Waals surface area contributed by atoms with E-state index in [1.807, 2.05) is 0 Å². The van der Waals surface area contributed by atoms with E-state index in [0.717, 1.165) is 0 Å². The van der Waals surface area contributed by atoms with Gasteiger partial charge in [0.25, 0.3) is 0 Å². The Bertz CT molecular complexity index is 181. The molecule has 24 nitrogen and oxygen atoms in total. The van der Waals surface area contributed by atoms with Gasteiger partial charge < -0.3 is 121 Å². The molecule has 41 heteroatoms. The van der Waals surface area contributed by atoms with Crippen LogP contribution in [-0.2, 0) is 0 Å². The molecule has 0 aliphatic rings. The molecule has 0 aromatic heterocycles. The van der Waals surface area contributed by atoms with E-state index in [1.54, 1.807) is 0 Å². The second-order valence-corrected chi connectivity index (χ2v) is 2.31. The van der Waals surface area contributed by atoms with Gasteiger partial charge in [-0.1, -0.05) is 0 Å². The zero-order valence-corrected chi connectivity index (χ0v) is 39.6. The first-order valence-electron chi connectivity index (χ1n) is 5.66. The third-order valence-electron chi connectivity index (χ3n) is 0. The number of rotatable bonds is 0. The Morgan fingerprint density at radius 3 is 0.171 bits per heavy atom. The maximum atomic E-state index is 8.42. The van der Waals surface area contributed by atoms with Crippen molar-refractivity contribution in [1.82, 2.24) is 0 Å². The van der Waals surface area contributed by atoms with Crippen LogP contribution < -0.4 is 121 Å². The molecule has 6 radical (unpaired) electrons. The maximum absolute atomic E-state index is 8.42. The van der Waals surface area contributed by atoms with Gasteiger partial charge in [0, 0.05) is 0 Å². The molecule has 0 rings (SSSR count). The molecule has 0 saturated carbocycles. The molecule has 0 atom stereocenters. The Morgan fingerprint density at radius 2 is 0.171 bits per heavy atom. The SMILES string of the molecule is [Ce+3].[Ce+3].[Ce+3].[Gd+3].[Gd+3].[Gd+3].[Mg+2].[Mg+2].[Mg+2].[O-]B([O-])[O-].[O-]B([O-])[O-].[O-]B([O-])[O-].[O-]B([O-])[O-].[O-]B([O-])[O-].[O-]B([O-])[O-].[O-]B([O-])[O-].[O-]B([O-])[O-]. The fourth-order valence-corrected chi connectivity index (χ4v) is 0. The van der Waals surface area contributed by atoms with Crippen LogP contribution in [0.1, 0.15) is 0 Å². The van der Waals surface area contributed by atoms with Crippen LogP contribution in [0.25, 0.3) is 0 Å². The molecule has 0 N–H and O–H groups in total. The summed E-state index contributed by atoms with van der Waals surface area (Å²) in [6.07, 6.45) is 0. The molecule has 0 saturated heterocycles. The molecule has 0 spiro atoms. The predicted octanol–water partition coefficient (Wildman–Crippen LogP) is -32.7. The molecular formula is B8Ce3Gd3Mg3O24. The van der Waals surface area contributed by atoms with Gasteiger partial charge in [0.1, 0.15) is 0 Å². The summed E-state index contributed by atoms with van der Waals surface area (Å²) in [4.78, 5) is 0. The van der Waals surface area contributed by atoms with E-state index in [-0.39, 0.29) is 314 Å². The van der Waals surface area contributed by atoms with Crippen LogP contribution >= 0.6 is 0 Å². The van der Waals surface area contributed by atoms with E-state index < -0.39 is 58.6 Å². The van der Waals surface area contributed by atoms with Crippen LogP contribution in [0.4, 0.5) is 0 Å². The molecule has 0 aliphatic heterocycles. The average molecular weight is 1440 g/mol. The predicted molar refractivity (Wildman–Crippen MR) is 63.3 cm³/mol. The van der Waals surface area contributed by atoms with Crippen LogP contribution in [0.2, 0.25) is 0 Å². The van der Waals surface area contributed by atoms with Crippen molar-refractivity contribution < 1.29 is 366 Å². The minimum atomic E-state index is -2.92. The van der Waals surface area contributed by atoms with Crippen molar-refractivity contribution in [2.45, 2.75) is 0 Å². The van der Waals surface area contributed by atoms with Crippen molar-refractivity contribution in [3.8, 4) is 0 Å². The normalized spacial score (nSPS) is 5.27. The van der Waals surface area contributed by atoms with Crippen molar-refractivity contribution in [3.05, 3.63) is 0 Å². The maximum Gasteiger partial charge on any atom is 3.00 e. The number of hydrogen-bond donors (Lipinski definition) is 0. The van der Waals surface area contributed by atoms with Crippen molar-refractivity contribution in [2.24, 2.45) is 0 Å². The van der Waals surface area contributed by atoms with Gasteiger partial charge in [0.15, 0.2) is 0 Å². The number of hydrogen-bond acceptors (Lipinski definition) is 24. The Balaban J connectivity index is -0.0000000104. The third-order valence-corrected chi connectivity index (χ3v) is 0. The van der Waals surface area contributed by atoms with E-state index in [0.29, 0.717) is 0 Å². The monoisotopic (exact) mass is 1440 g/mol. The van der Waals surface area contributed by atoms with Crippen LogP contribution in [0.15, 0.2) is 0 Å². The van der Waals surface area contributed by atoms with Gasteiger partial charge in [-0.15, -0.1) is 0 Å².